The van der Waals surface area contributed by atoms with Gasteiger partial charge in [0.05, 0.1) is 25.3 Å². The molecule has 3 fully saturated rings. The molecule has 1 aliphatic carbocycles. The summed E-state index contributed by atoms with van der Waals surface area (Å²) in [7, 11) is 5.61. The fraction of sp³-hybridized carbons (Fsp3) is 0.528. The first-order chi connectivity index (χ1) is 21.8. The van der Waals surface area contributed by atoms with Crippen LogP contribution in [0.5, 0.6) is 11.8 Å². The van der Waals surface area contributed by atoms with E-state index in [9.17, 15) is 4.79 Å². The number of carbonyl (C=O) groups excluding carboxylic acids is 1. The third-order valence-electron chi connectivity index (χ3n) is 9.19. The number of halogens is 3. The van der Waals surface area contributed by atoms with Crippen molar-refractivity contribution < 1.29 is 14.3 Å². The molecule has 9 nitrogen and oxygen atoms in total. The molecule has 0 unspecified atom stereocenters. The summed E-state index contributed by atoms with van der Waals surface area (Å²) in [6, 6.07) is 22.1. The lowest BCUT2D eigenvalue weighted by atomic mass is 9.81. The number of piperazine rings is 2. The third-order valence-corrected chi connectivity index (χ3v) is 9.19. The number of carbonyl (C=O) groups is 1. The lowest BCUT2D eigenvalue weighted by molar-refractivity contribution is -0.137. The van der Waals surface area contributed by atoms with Crippen molar-refractivity contribution >= 4 is 43.1 Å². The van der Waals surface area contributed by atoms with Gasteiger partial charge in [-0.2, -0.15) is 9.97 Å². The average molecular weight is 722 g/mol. The quantitative estimate of drug-likeness (QED) is 0.257. The monoisotopic (exact) mass is 720 g/mol. The number of fused-ring (bicyclic) bond motifs is 1. The van der Waals surface area contributed by atoms with E-state index in [0.717, 1.165) is 50.4 Å². The van der Waals surface area contributed by atoms with E-state index in [1.54, 1.807) is 7.11 Å². The number of likely N-dealkylation sites (N-methyl/N-ethyl adjacent to an activating group) is 1. The minimum Gasteiger partial charge on any atom is -0.481 e. The first kappa shape index (κ1) is 39.8. The zero-order valence-corrected chi connectivity index (χ0v) is 31.1. The molecule has 2 aromatic carbocycles. The molecule has 1 saturated carbocycles. The maximum Gasteiger partial charge on any atom is 0.236 e. The van der Waals surface area contributed by atoms with Gasteiger partial charge in [0, 0.05) is 63.2 Å². The zero-order valence-electron chi connectivity index (χ0n) is 28.7. The number of nitrogens with zero attached hydrogens (tertiary/aromatic N) is 6. The molecule has 2 saturated heterocycles. The molecule has 3 aliphatic rings. The summed E-state index contributed by atoms with van der Waals surface area (Å²) in [4.78, 5) is 32.2. The number of hydrogen-bond donors (Lipinski definition) is 0. The number of benzene rings is 2. The van der Waals surface area contributed by atoms with Crippen LogP contribution < -0.4 is 9.47 Å². The number of rotatable bonds is 11. The second-order valence-corrected chi connectivity index (χ2v) is 13.3. The van der Waals surface area contributed by atoms with Gasteiger partial charge in [-0.05, 0) is 51.9 Å². The van der Waals surface area contributed by atoms with E-state index in [4.69, 9.17) is 19.4 Å². The first-order valence-electron chi connectivity index (χ1n) is 16.4. The summed E-state index contributed by atoms with van der Waals surface area (Å²) in [5.74, 6) is 2.81. The average Bonchev–Trinajstić information content (AvgIpc) is 3.88. The Labute approximate surface area is 304 Å². The van der Waals surface area contributed by atoms with Gasteiger partial charge in [0.1, 0.15) is 5.82 Å². The number of amides is 1. The number of ether oxygens (including phenoxy) is 2. The standard InChI is InChI=1S/C36H48N6O3.3ClH/c1-25(2)45-36-30(35(44-5)37-34(38-36)28-16-17-28)22-40-20-29-21-41(32(43)24-39(3)4)18-19-42(29)31(23-40)33(26-12-8-6-9-13-26)27-14-10-7-11-15-27;;;/h6-15,25,28-29,31,33H,16-24H2,1-5H3;3*1H/t29-,31+;;;/m1.../s1. The summed E-state index contributed by atoms with van der Waals surface area (Å²) < 4.78 is 12.2. The number of aromatic nitrogens is 2. The maximum atomic E-state index is 13.2. The zero-order chi connectivity index (χ0) is 31.5. The summed E-state index contributed by atoms with van der Waals surface area (Å²) in [6.07, 6.45) is 2.20. The van der Waals surface area contributed by atoms with Gasteiger partial charge < -0.3 is 19.3 Å². The Morgan fingerprint density at radius 2 is 1.48 bits per heavy atom. The second kappa shape index (κ2) is 17.8. The predicted octanol–water partition coefficient (Wildman–Crippen LogP) is 5.51. The van der Waals surface area contributed by atoms with Gasteiger partial charge in [0.15, 0.2) is 0 Å². The molecule has 3 heterocycles. The Morgan fingerprint density at radius 3 is 2.02 bits per heavy atom. The molecule has 264 valence electrons. The molecule has 0 spiro atoms. The Bertz CT molecular complexity index is 1410. The molecule has 48 heavy (non-hydrogen) atoms. The SMILES string of the molecule is COc1nc(C2CC2)nc(OC(C)C)c1CN1C[C@@H]2CN(C(=O)CN(C)C)CCN2[C@H](C(c2ccccc2)c2ccccc2)C1.Cl.Cl.Cl. The minimum absolute atomic E-state index is 0. The van der Waals surface area contributed by atoms with Gasteiger partial charge in [-0.25, -0.2) is 0 Å². The highest BCUT2D eigenvalue weighted by Crippen LogP contribution is 2.42. The van der Waals surface area contributed by atoms with Crippen molar-refractivity contribution in [3.8, 4) is 11.8 Å². The molecule has 1 aromatic heterocycles. The highest BCUT2D eigenvalue weighted by atomic mass is 35.5. The van der Waals surface area contributed by atoms with Crippen molar-refractivity contribution in [1.82, 2.24) is 29.6 Å². The lowest BCUT2D eigenvalue weighted by Gasteiger charge is -2.53. The smallest absolute Gasteiger partial charge is 0.236 e. The van der Waals surface area contributed by atoms with E-state index in [0.29, 0.717) is 37.3 Å². The molecule has 2 aliphatic heterocycles. The maximum absolute atomic E-state index is 13.2. The summed E-state index contributed by atoms with van der Waals surface area (Å²) in [6.45, 7) is 9.09. The molecule has 0 radical (unpaired) electrons. The molecule has 0 bridgehead atoms. The van der Waals surface area contributed by atoms with E-state index >= 15 is 0 Å². The van der Waals surface area contributed by atoms with Gasteiger partial charge >= 0.3 is 0 Å². The molecule has 12 heteroatoms. The number of methoxy groups -OCH3 is 1. The highest BCUT2D eigenvalue weighted by Gasteiger charge is 2.43. The highest BCUT2D eigenvalue weighted by molar-refractivity contribution is 5.86. The Kier molecular flexibility index (Phi) is 14.8. The summed E-state index contributed by atoms with van der Waals surface area (Å²) in [5, 5.41) is 0. The largest absolute Gasteiger partial charge is 0.481 e. The number of hydrogen-bond acceptors (Lipinski definition) is 8. The van der Waals surface area contributed by atoms with Crippen LogP contribution in [-0.4, -0.2) is 114 Å². The third kappa shape index (κ3) is 9.31. The van der Waals surface area contributed by atoms with Crippen molar-refractivity contribution in [2.75, 3.05) is 60.5 Å². The fourth-order valence-electron chi connectivity index (χ4n) is 7.02. The molecule has 3 aromatic rings. The normalized spacial score (nSPS) is 19.6. The van der Waals surface area contributed by atoms with Crippen LogP contribution in [-0.2, 0) is 11.3 Å². The molecule has 6 rings (SSSR count). The van der Waals surface area contributed by atoms with E-state index in [1.807, 2.05) is 32.8 Å². The van der Waals surface area contributed by atoms with Crippen LogP contribution in [0.4, 0.5) is 0 Å². The lowest BCUT2D eigenvalue weighted by Crippen LogP contribution is -2.67. The van der Waals surface area contributed by atoms with Gasteiger partial charge in [0.25, 0.3) is 0 Å². The van der Waals surface area contributed by atoms with Gasteiger partial charge in [0.2, 0.25) is 17.7 Å². The van der Waals surface area contributed by atoms with Gasteiger partial charge in [-0.1, -0.05) is 60.7 Å². The fourth-order valence-corrected chi connectivity index (χ4v) is 7.02. The van der Waals surface area contributed by atoms with Crippen LogP contribution in [0.1, 0.15) is 61.0 Å². The van der Waals surface area contributed by atoms with Crippen LogP contribution in [0.25, 0.3) is 0 Å². The summed E-state index contributed by atoms with van der Waals surface area (Å²) in [5.41, 5.74) is 3.51. The molecular formula is C36H51Cl3N6O3. The Morgan fingerprint density at radius 1 is 0.875 bits per heavy atom. The Hall–Kier alpha value is -2.66. The molecule has 1 amide bonds. The van der Waals surface area contributed by atoms with Crippen molar-refractivity contribution in [1.29, 1.82) is 0 Å². The first-order valence-corrected chi connectivity index (χ1v) is 16.4. The summed E-state index contributed by atoms with van der Waals surface area (Å²) >= 11 is 0. The molecular weight excluding hydrogens is 671 g/mol. The second-order valence-electron chi connectivity index (χ2n) is 13.3. The Balaban J connectivity index is 0.00000208. The van der Waals surface area contributed by atoms with E-state index in [1.165, 1.54) is 11.1 Å². The molecule has 0 N–H and O–H groups in total. The van der Waals surface area contributed by atoms with Gasteiger partial charge in [-0.3, -0.25) is 14.6 Å². The van der Waals surface area contributed by atoms with E-state index in [-0.39, 0.29) is 67.2 Å². The van der Waals surface area contributed by atoms with Crippen LogP contribution >= 0.6 is 37.2 Å². The van der Waals surface area contributed by atoms with Crippen molar-refractivity contribution in [3.05, 3.63) is 83.2 Å². The van der Waals surface area contributed by atoms with Crippen LogP contribution in [0.3, 0.4) is 0 Å². The van der Waals surface area contributed by atoms with E-state index in [2.05, 4.69) is 75.4 Å². The van der Waals surface area contributed by atoms with Crippen LogP contribution in [0.2, 0.25) is 0 Å². The van der Waals surface area contributed by atoms with Gasteiger partial charge in [-0.15, -0.1) is 37.2 Å². The molecule has 2 atom stereocenters. The van der Waals surface area contributed by atoms with Crippen LogP contribution in [0, 0.1) is 0 Å². The van der Waals surface area contributed by atoms with Crippen molar-refractivity contribution in [2.24, 2.45) is 0 Å². The van der Waals surface area contributed by atoms with Crippen molar-refractivity contribution in [3.63, 3.8) is 0 Å². The van der Waals surface area contributed by atoms with Crippen LogP contribution in [0.15, 0.2) is 60.7 Å². The minimum atomic E-state index is -0.0184. The topological polar surface area (TPSA) is 74.3 Å². The van der Waals surface area contributed by atoms with E-state index < -0.39 is 0 Å². The van der Waals surface area contributed by atoms with Crippen molar-refractivity contribution in [2.45, 2.75) is 63.3 Å². The predicted molar refractivity (Wildman–Crippen MR) is 197 cm³/mol.